The minimum atomic E-state index is -0.385. The Hall–Kier alpha value is -1.90. The third-order valence-corrected chi connectivity index (χ3v) is 2.29. The monoisotopic (exact) mass is 235 g/mol. The average Bonchev–Trinajstić information content (AvgIpc) is 2.72. The van der Waals surface area contributed by atoms with Crippen LogP contribution in [0.25, 0.3) is 0 Å². The van der Waals surface area contributed by atoms with Gasteiger partial charge in [0.25, 0.3) is 0 Å². The van der Waals surface area contributed by atoms with E-state index >= 15 is 0 Å². The number of amides is 1. The number of hydrogen-bond donors (Lipinski definition) is 2. The predicted molar refractivity (Wildman–Crippen MR) is 63.1 cm³/mol. The molecule has 17 heavy (non-hydrogen) atoms. The molecule has 1 amide bonds. The summed E-state index contributed by atoms with van der Waals surface area (Å²) in [5.41, 5.74) is 0. The van der Waals surface area contributed by atoms with E-state index in [0.29, 0.717) is 0 Å². The van der Waals surface area contributed by atoms with Crippen LogP contribution < -0.4 is 5.32 Å². The van der Waals surface area contributed by atoms with Crippen molar-refractivity contribution < 1.29 is 4.79 Å². The zero-order valence-corrected chi connectivity index (χ0v) is 9.99. The van der Waals surface area contributed by atoms with E-state index in [2.05, 4.69) is 27.4 Å². The zero-order chi connectivity index (χ0) is 12.5. The lowest BCUT2D eigenvalue weighted by atomic mass is 10.1. The lowest BCUT2D eigenvalue weighted by molar-refractivity contribution is -0.115. The van der Waals surface area contributed by atoms with Crippen molar-refractivity contribution in [2.24, 2.45) is 0 Å². The number of nitrogens with one attached hydrogen (secondary N) is 2. The fraction of sp³-hybridized carbons (Fsp3) is 0.636. The van der Waals surface area contributed by atoms with Gasteiger partial charge in [0.2, 0.25) is 11.9 Å². The van der Waals surface area contributed by atoms with Gasteiger partial charge in [-0.05, 0) is 6.42 Å². The van der Waals surface area contributed by atoms with E-state index in [9.17, 15) is 4.79 Å². The summed E-state index contributed by atoms with van der Waals surface area (Å²) in [5.74, 6) is 0.633. The molecule has 2 N–H and O–H groups in total. The van der Waals surface area contributed by atoms with E-state index in [-0.39, 0.29) is 18.3 Å². The minimum Gasteiger partial charge on any atom is -0.292 e. The van der Waals surface area contributed by atoms with Gasteiger partial charge in [-0.25, -0.2) is 0 Å². The summed E-state index contributed by atoms with van der Waals surface area (Å²) in [4.78, 5) is 15.2. The van der Waals surface area contributed by atoms with Crippen LogP contribution in [0.3, 0.4) is 0 Å². The summed E-state index contributed by atoms with van der Waals surface area (Å²) in [6, 6.07) is 1.77. The SMILES string of the molecule is CCCCCCc1nc(NC(=O)CC#N)n[nH]1. The van der Waals surface area contributed by atoms with Crippen LogP contribution in [0.15, 0.2) is 0 Å². The van der Waals surface area contributed by atoms with Crippen LogP contribution in [-0.4, -0.2) is 21.1 Å². The van der Waals surface area contributed by atoms with Gasteiger partial charge in [0, 0.05) is 6.42 Å². The molecule has 0 aliphatic rings. The summed E-state index contributed by atoms with van der Waals surface area (Å²) < 4.78 is 0. The number of hydrogen-bond acceptors (Lipinski definition) is 4. The van der Waals surface area contributed by atoms with Crippen LogP contribution >= 0.6 is 0 Å². The normalized spacial score (nSPS) is 9.88. The first-order valence-electron chi connectivity index (χ1n) is 5.84. The molecule has 1 aromatic heterocycles. The number of aromatic amines is 1. The average molecular weight is 235 g/mol. The lowest BCUT2D eigenvalue weighted by Crippen LogP contribution is -2.11. The Morgan fingerprint density at radius 2 is 2.29 bits per heavy atom. The van der Waals surface area contributed by atoms with Gasteiger partial charge in [0.05, 0.1) is 6.07 Å². The van der Waals surface area contributed by atoms with Crippen molar-refractivity contribution in [2.75, 3.05) is 5.32 Å². The second kappa shape index (κ2) is 7.39. The Morgan fingerprint density at radius 1 is 1.47 bits per heavy atom. The molecule has 0 atom stereocenters. The summed E-state index contributed by atoms with van der Waals surface area (Å²) in [7, 11) is 0. The Morgan fingerprint density at radius 3 is 3.00 bits per heavy atom. The van der Waals surface area contributed by atoms with Gasteiger partial charge >= 0.3 is 0 Å². The maximum atomic E-state index is 11.1. The minimum absolute atomic E-state index is 0.180. The molecule has 0 saturated carbocycles. The van der Waals surface area contributed by atoms with E-state index in [4.69, 9.17) is 5.26 Å². The molecule has 0 aromatic carbocycles. The maximum absolute atomic E-state index is 11.1. The molecule has 6 nitrogen and oxygen atoms in total. The van der Waals surface area contributed by atoms with Crippen molar-refractivity contribution in [3.63, 3.8) is 0 Å². The number of carbonyl (C=O) groups is 1. The largest absolute Gasteiger partial charge is 0.292 e. The molecule has 1 rings (SSSR count). The van der Waals surface area contributed by atoms with E-state index in [1.54, 1.807) is 6.07 Å². The first-order valence-corrected chi connectivity index (χ1v) is 5.84. The zero-order valence-electron chi connectivity index (χ0n) is 9.99. The number of carbonyl (C=O) groups excluding carboxylic acids is 1. The highest BCUT2D eigenvalue weighted by Crippen LogP contribution is 2.06. The number of H-pyrrole nitrogens is 1. The van der Waals surface area contributed by atoms with E-state index in [1.165, 1.54) is 19.3 Å². The number of aromatic nitrogens is 3. The van der Waals surface area contributed by atoms with Crippen LogP contribution in [-0.2, 0) is 11.2 Å². The molecular weight excluding hydrogens is 218 g/mol. The molecule has 0 radical (unpaired) electrons. The topological polar surface area (TPSA) is 94.5 Å². The van der Waals surface area contributed by atoms with E-state index < -0.39 is 0 Å². The van der Waals surface area contributed by atoms with E-state index in [1.807, 2.05) is 0 Å². The number of aryl methyl sites for hydroxylation is 1. The lowest BCUT2D eigenvalue weighted by Gasteiger charge is -1.96. The van der Waals surface area contributed by atoms with Crippen LogP contribution in [0.5, 0.6) is 0 Å². The van der Waals surface area contributed by atoms with Crippen molar-refractivity contribution in [3.05, 3.63) is 5.82 Å². The molecular formula is C11H17N5O. The molecule has 92 valence electrons. The predicted octanol–water partition coefficient (Wildman–Crippen LogP) is 1.78. The van der Waals surface area contributed by atoms with Gasteiger partial charge in [0.1, 0.15) is 12.2 Å². The highest BCUT2D eigenvalue weighted by molar-refractivity contribution is 5.90. The second-order valence-electron chi connectivity index (χ2n) is 3.80. The van der Waals surface area contributed by atoms with Gasteiger partial charge in [-0.1, -0.05) is 26.2 Å². The fourth-order valence-electron chi connectivity index (χ4n) is 1.42. The molecule has 0 aliphatic carbocycles. The molecule has 0 saturated heterocycles. The fourth-order valence-corrected chi connectivity index (χ4v) is 1.42. The first-order chi connectivity index (χ1) is 8.26. The number of rotatable bonds is 7. The third-order valence-electron chi connectivity index (χ3n) is 2.29. The Balaban J connectivity index is 2.32. The summed E-state index contributed by atoms with van der Waals surface area (Å²) >= 11 is 0. The van der Waals surface area contributed by atoms with Gasteiger partial charge in [0.15, 0.2) is 0 Å². The standard InChI is InChI=1S/C11H17N5O/c1-2-3-4-5-6-9-13-11(16-15-9)14-10(17)7-8-12/h2-7H2,1H3,(H2,13,14,15,16,17). The van der Waals surface area contributed by atoms with Gasteiger partial charge in [-0.2, -0.15) is 10.2 Å². The Kier molecular flexibility index (Phi) is 5.72. The van der Waals surface area contributed by atoms with Crippen LogP contribution in [0, 0.1) is 11.3 Å². The van der Waals surface area contributed by atoms with Gasteiger partial charge in [-0.15, -0.1) is 5.10 Å². The summed E-state index contributed by atoms with van der Waals surface area (Å²) in [6.45, 7) is 2.16. The molecule has 0 aliphatic heterocycles. The molecule has 0 unspecified atom stereocenters. The Bertz CT molecular complexity index is 393. The number of nitriles is 1. The molecule has 0 fully saturated rings. The summed E-state index contributed by atoms with van der Waals surface area (Å²) in [6.07, 6.45) is 5.31. The third kappa shape index (κ3) is 5.11. The Labute approximate surface area is 100 Å². The van der Waals surface area contributed by atoms with Gasteiger partial charge < -0.3 is 0 Å². The van der Waals surface area contributed by atoms with Crippen molar-refractivity contribution in [1.29, 1.82) is 5.26 Å². The molecule has 6 heteroatoms. The number of nitrogens with zero attached hydrogens (tertiary/aromatic N) is 3. The molecule has 0 spiro atoms. The van der Waals surface area contributed by atoms with E-state index in [0.717, 1.165) is 18.7 Å². The van der Waals surface area contributed by atoms with Crippen molar-refractivity contribution >= 4 is 11.9 Å². The van der Waals surface area contributed by atoms with Crippen molar-refractivity contribution in [3.8, 4) is 6.07 Å². The molecule has 0 bridgehead atoms. The van der Waals surface area contributed by atoms with Crippen LogP contribution in [0.4, 0.5) is 5.95 Å². The van der Waals surface area contributed by atoms with Crippen molar-refractivity contribution in [2.45, 2.75) is 45.4 Å². The van der Waals surface area contributed by atoms with Crippen molar-refractivity contribution in [1.82, 2.24) is 15.2 Å². The maximum Gasteiger partial charge on any atom is 0.248 e. The number of unbranched alkanes of at least 4 members (excludes halogenated alkanes) is 3. The highest BCUT2D eigenvalue weighted by atomic mass is 16.1. The smallest absolute Gasteiger partial charge is 0.248 e. The van der Waals surface area contributed by atoms with Gasteiger partial charge in [-0.3, -0.25) is 15.2 Å². The second-order valence-corrected chi connectivity index (χ2v) is 3.80. The summed E-state index contributed by atoms with van der Waals surface area (Å²) in [5, 5.41) is 17.4. The van der Waals surface area contributed by atoms with Crippen LogP contribution in [0.2, 0.25) is 0 Å². The first kappa shape index (κ1) is 13.2. The molecule has 1 heterocycles. The number of anilines is 1. The van der Waals surface area contributed by atoms with Crippen LogP contribution in [0.1, 0.15) is 44.9 Å². The highest BCUT2D eigenvalue weighted by Gasteiger charge is 2.06. The quantitative estimate of drug-likeness (QED) is 0.704. The molecule has 1 aromatic rings.